The number of thiophene rings is 1. The molecule has 1 heterocycles. The monoisotopic (exact) mass is 200 g/mol. The van der Waals surface area contributed by atoms with Gasteiger partial charge in [0.05, 0.1) is 9.90 Å². The van der Waals surface area contributed by atoms with E-state index in [0.29, 0.717) is 5.92 Å². The number of carbonyl (C=O) groups excluding carboxylic acids is 1. The molecule has 1 saturated carbocycles. The lowest BCUT2D eigenvalue weighted by molar-refractivity contribution is 0.112. The van der Waals surface area contributed by atoms with Crippen molar-refractivity contribution in [3.63, 3.8) is 0 Å². The highest BCUT2D eigenvalue weighted by molar-refractivity contribution is 7.14. The maximum atomic E-state index is 10.5. The summed E-state index contributed by atoms with van der Waals surface area (Å²) in [7, 11) is 0. The van der Waals surface area contributed by atoms with E-state index in [4.69, 9.17) is 11.6 Å². The lowest BCUT2D eigenvalue weighted by atomic mass is 9.84. The molecule has 1 aromatic rings. The predicted molar refractivity (Wildman–Crippen MR) is 51.3 cm³/mol. The minimum absolute atomic E-state index is 0.635. The molecule has 2 rings (SSSR count). The van der Waals surface area contributed by atoms with E-state index in [9.17, 15) is 4.79 Å². The summed E-state index contributed by atoms with van der Waals surface area (Å²) in [6, 6.07) is 1.77. The molecular formula is C9H9ClOS. The number of rotatable bonds is 2. The van der Waals surface area contributed by atoms with Crippen LogP contribution in [0.3, 0.4) is 0 Å². The Morgan fingerprint density at radius 2 is 2.33 bits per heavy atom. The van der Waals surface area contributed by atoms with Gasteiger partial charge in [-0.05, 0) is 24.8 Å². The van der Waals surface area contributed by atoms with Crippen LogP contribution in [0.2, 0.25) is 5.02 Å². The van der Waals surface area contributed by atoms with E-state index < -0.39 is 0 Å². The van der Waals surface area contributed by atoms with Crippen LogP contribution in [0.1, 0.15) is 39.7 Å². The molecule has 64 valence electrons. The van der Waals surface area contributed by atoms with E-state index in [2.05, 4.69) is 0 Å². The molecule has 0 aliphatic heterocycles. The van der Waals surface area contributed by atoms with E-state index in [1.807, 2.05) is 0 Å². The summed E-state index contributed by atoms with van der Waals surface area (Å²) in [4.78, 5) is 12.4. The van der Waals surface area contributed by atoms with E-state index >= 15 is 0 Å². The molecular weight excluding hydrogens is 192 g/mol. The van der Waals surface area contributed by atoms with Crippen LogP contribution in [-0.2, 0) is 0 Å². The summed E-state index contributed by atoms with van der Waals surface area (Å²) in [6.45, 7) is 0. The van der Waals surface area contributed by atoms with Gasteiger partial charge in [0.15, 0.2) is 6.29 Å². The van der Waals surface area contributed by atoms with Crippen molar-refractivity contribution in [2.45, 2.75) is 25.2 Å². The average molecular weight is 201 g/mol. The highest BCUT2D eigenvalue weighted by Gasteiger charge is 2.23. The minimum atomic E-state index is 0.635. The van der Waals surface area contributed by atoms with Crippen molar-refractivity contribution in [3.05, 3.63) is 20.8 Å². The zero-order valence-corrected chi connectivity index (χ0v) is 8.12. The van der Waals surface area contributed by atoms with Crippen molar-refractivity contribution in [1.29, 1.82) is 0 Å². The molecule has 0 saturated heterocycles. The molecule has 1 aromatic heterocycles. The second-order valence-corrected chi connectivity index (χ2v) is 4.63. The van der Waals surface area contributed by atoms with Crippen LogP contribution in [0, 0.1) is 0 Å². The number of carbonyl (C=O) groups is 1. The normalized spacial score (nSPS) is 17.4. The van der Waals surface area contributed by atoms with E-state index in [1.165, 1.54) is 24.1 Å². The Kier molecular flexibility index (Phi) is 2.20. The van der Waals surface area contributed by atoms with Crippen LogP contribution in [0.15, 0.2) is 6.07 Å². The Morgan fingerprint density at radius 3 is 2.75 bits per heavy atom. The first-order valence-corrected chi connectivity index (χ1v) is 5.25. The molecule has 0 radical (unpaired) electrons. The van der Waals surface area contributed by atoms with Gasteiger partial charge in [0.2, 0.25) is 0 Å². The fraction of sp³-hybridized carbons (Fsp3) is 0.444. The lowest BCUT2D eigenvalue weighted by Crippen LogP contribution is -2.06. The topological polar surface area (TPSA) is 17.1 Å². The second kappa shape index (κ2) is 3.19. The maximum absolute atomic E-state index is 10.5. The summed E-state index contributed by atoms with van der Waals surface area (Å²) in [5, 5.41) is 0.784. The first-order valence-electron chi connectivity index (χ1n) is 4.05. The van der Waals surface area contributed by atoms with Crippen LogP contribution in [-0.4, -0.2) is 6.29 Å². The zero-order chi connectivity index (χ0) is 8.55. The van der Waals surface area contributed by atoms with Gasteiger partial charge in [-0.25, -0.2) is 0 Å². The van der Waals surface area contributed by atoms with Crippen molar-refractivity contribution in [2.75, 3.05) is 0 Å². The van der Waals surface area contributed by atoms with Gasteiger partial charge in [-0.3, -0.25) is 4.79 Å². The van der Waals surface area contributed by atoms with Crippen molar-refractivity contribution in [1.82, 2.24) is 0 Å². The molecule has 0 atom stereocenters. The second-order valence-electron chi connectivity index (χ2n) is 3.11. The molecule has 1 nitrogen and oxygen atoms in total. The first kappa shape index (κ1) is 8.27. The van der Waals surface area contributed by atoms with Crippen molar-refractivity contribution in [2.24, 2.45) is 0 Å². The zero-order valence-electron chi connectivity index (χ0n) is 6.55. The van der Waals surface area contributed by atoms with Crippen molar-refractivity contribution >= 4 is 29.2 Å². The number of halogens is 1. The minimum Gasteiger partial charge on any atom is -0.297 e. The Bertz CT molecular complexity index is 301. The van der Waals surface area contributed by atoms with E-state index in [0.717, 1.165) is 16.2 Å². The van der Waals surface area contributed by atoms with E-state index in [-0.39, 0.29) is 0 Å². The summed E-state index contributed by atoms with van der Waals surface area (Å²) in [6.07, 6.45) is 4.64. The molecule has 0 amide bonds. The number of hydrogen-bond acceptors (Lipinski definition) is 2. The molecule has 12 heavy (non-hydrogen) atoms. The van der Waals surface area contributed by atoms with Crippen LogP contribution in [0.25, 0.3) is 0 Å². The fourth-order valence-electron chi connectivity index (χ4n) is 1.41. The maximum Gasteiger partial charge on any atom is 0.160 e. The largest absolute Gasteiger partial charge is 0.297 e. The van der Waals surface area contributed by atoms with Gasteiger partial charge in [-0.2, -0.15) is 0 Å². The number of aldehydes is 1. The number of hydrogen-bond donors (Lipinski definition) is 0. The summed E-state index contributed by atoms with van der Waals surface area (Å²) >= 11 is 7.53. The molecule has 0 N–H and O–H groups in total. The third-order valence-corrected chi connectivity index (χ3v) is 3.97. The Labute approximate surface area is 80.4 Å². The fourth-order valence-corrected chi connectivity index (χ4v) is 2.90. The van der Waals surface area contributed by atoms with Crippen LogP contribution < -0.4 is 0 Å². The van der Waals surface area contributed by atoms with Crippen LogP contribution in [0.5, 0.6) is 0 Å². The summed E-state index contributed by atoms with van der Waals surface area (Å²) in [5.74, 6) is 0.635. The Balaban J connectivity index is 2.29. The molecule has 1 aliphatic rings. The predicted octanol–water partition coefficient (Wildman–Crippen LogP) is 3.48. The van der Waals surface area contributed by atoms with Gasteiger partial charge in [0.1, 0.15) is 0 Å². The molecule has 1 aliphatic carbocycles. The van der Waals surface area contributed by atoms with Gasteiger partial charge < -0.3 is 0 Å². The van der Waals surface area contributed by atoms with Crippen LogP contribution in [0.4, 0.5) is 0 Å². The third kappa shape index (κ3) is 1.29. The van der Waals surface area contributed by atoms with E-state index in [1.54, 1.807) is 17.4 Å². The molecule has 0 unspecified atom stereocenters. The van der Waals surface area contributed by atoms with Gasteiger partial charge in [-0.15, -0.1) is 11.3 Å². The quantitative estimate of drug-likeness (QED) is 0.668. The van der Waals surface area contributed by atoms with Gasteiger partial charge in [0, 0.05) is 4.88 Å². The van der Waals surface area contributed by atoms with Gasteiger partial charge >= 0.3 is 0 Å². The smallest absolute Gasteiger partial charge is 0.160 e. The highest BCUT2D eigenvalue weighted by Crippen LogP contribution is 2.43. The molecule has 0 bridgehead atoms. The molecule has 0 spiro atoms. The summed E-state index contributed by atoms with van der Waals surface area (Å²) in [5.41, 5.74) is 0. The third-order valence-electron chi connectivity index (χ3n) is 2.32. The van der Waals surface area contributed by atoms with Gasteiger partial charge in [-0.1, -0.05) is 18.0 Å². The molecule has 1 fully saturated rings. The molecule has 0 aromatic carbocycles. The summed E-state index contributed by atoms with van der Waals surface area (Å²) < 4.78 is 0. The lowest BCUT2D eigenvalue weighted by Gasteiger charge is -2.24. The van der Waals surface area contributed by atoms with Crippen molar-refractivity contribution < 1.29 is 4.79 Å². The molecule has 3 heteroatoms. The standard InChI is InChI=1S/C9H9ClOS/c10-8-4-7(5-11)12-9(8)6-2-1-3-6/h4-6H,1-3H2. The Morgan fingerprint density at radius 1 is 1.58 bits per heavy atom. The highest BCUT2D eigenvalue weighted by atomic mass is 35.5. The first-order chi connectivity index (χ1) is 5.81. The average Bonchev–Trinajstić information content (AvgIpc) is 2.29. The Hall–Kier alpha value is -0.340. The SMILES string of the molecule is O=Cc1cc(Cl)c(C2CCC2)s1. The van der Waals surface area contributed by atoms with Crippen LogP contribution >= 0.6 is 22.9 Å². The van der Waals surface area contributed by atoms with Gasteiger partial charge in [0.25, 0.3) is 0 Å². The van der Waals surface area contributed by atoms with Crippen molar-refractivity contribution in [3.8, 4) is 0 Å².